The van der Waals surface area contributed by atoms with Gasteiger partial charge in [-0.1, -0.05) is 12.1 Å². The van der Waals surface area contributed by atoms with E-state index in [-0.39, 0.29) is 18.3 Å². The first-order valence-electron chi connectivity index (χ1n) is 9.39. The Morgan fingerprint density at radius 2 is 2.04 bits per heavy atom. The van der Waals surface area contributed by atoms with Gasteiger partial charge in [0.2, 0.25) is 0 Å². The number of benzene rings is 1. The molecule has 1 atom stereocenters. The summed E-state index contributed by atoms with van der Waals surface area (Å²) in [5.74, 6) is 0.880. The maximum atomic E-state index is 12.8. The minimum atomic E-state index is -0.368. The van der Waals surface area contributed by atoms with E-state index in [9.17, 15) is 9.65 Å². The minimum Gasteiger partial charge on any atom is -0.353 e. The van der Waals surface area contributed by atoms with E-state index in [0.29, 0.717) is 24.9 Å². The van der Waals surface area contributed by atoms with Crippen molar-refractivity contribution in [3.8, 4) is 12.1 Å². The van der Waals surface area contributed by atoms with E-state index in [1.165, 1.54) is 0 Å². The Bertz CT molecular complexity index is 808. The highest BCUT2D eigenvalue weighted by molar-refractivity contribution is 5.90. The first kappa shape index (κ1) is 19.1. The van der Waals surface area contributed by atoms with Crippen molar-refractivity contribution >= 4 is 11.5 Å². The van der Waals surface area contributed by atoms with Crippen LogP contribution in [0.3, 0.4) is 0 Å². The number of nitrogens with one attached hydrogen (secondary N) is 1. The lowest BCUT2D eigenvalue weighted by molar-refractivity contribution is 0.351. The molecular formula is C21H24FN5. The first-order valence-corrected chi connectivity index (χ1v) is 9.39. The fourth-order valence-electron chi connectivity index (χ4n) is 3.30. The number of nitrogens with zero attached hydrogens (tertiary/aromatic N) is 4. The molecule has 1 heterocycles. The Kier molecular flexibility index (Phi) is 5.88. The standard InChI is InChI=1S/C21H24FN5/c1-16-13-19(18-6-4-17(14-23)5-7-18)26-20(3-2-10-22)27(16)12-11-25-21(15-24)8-9-21/h4-7,13,16,25H,2-3,8-12H2,1H3. The molecule has 3 rings (SSSR count). The number of hydrogen-bond donors (Lipinski definition) is 1. The lowest BCUT2D eigenvalue weighted by Gasteiger charge is -2.34. The van der Waals surface area contributed by atoms with Crippen molar-refractivity contribution in [2.24, 2.45) is 4.99 Å². The van der Waals surface area contributed by atoms with Gasteiger partial charge in [0.15, 0.2) is 0 Å². The smallest absolute Gasteiger partial charge is 0.107 e. The quantitative estimate of drug-likeness (QED) is 0.766. The van der Waals surface area contributed by atoms with Crippen LogP contribution in [-0.2, 0) is 0 Å². The summed E-state index contributed by atoms with van der Waals surface area (Å²) in [6.45, 7) is 3.16. The molecule has 1 N–H and O–H groups in total. The van der Waals surface area contributed by atoms with Crippen LogP contribution in [-0.4, -0.2) is 42.1 Å². The zero-order valence-corrected chi connectivity index (χ0v) is 15.6. The fourth-order valence-corrected chi connectivity index (χ4v) is 3.30. The van der Waals surface area contributed by atoms with Crippen LogP contribution in [0, 0.1) is 22.7 Å². The van der Waals surface area contributed by atoms with Gasteiger partial charge in [-0.2, -0.15) is 10.5 Å². The molecule has 6 heteroatoms. The average molecular weight is 365 g/mol. The Morgan fingerprint density at radius 1 is 1.30 bits per heavy atom. The molecule has 2 aliphatic rings. The third kappa shape index (κ3) is 4.53. The summed E-state index contributed by atoms with van der Waals surface area (Å²) in [5, 5.41) is 21.5. The van der Waals surface area contributed by atoms with Crippen molar-refractivity contribution in [2.45, 2.75) is 44.2 Å². The fraction of sp³-hybridized carbons (Fsp3) is 0.476. The molecular weight excluding hydrogens is 341 g/mol. The third-order valence-corrected chi connectivity index (χ3v) is 5.10. The molecule has 1 unspecified atom stereocenters. The van der Waals surface area contributed by atoms with Crippen LogP contribution >= 0.6 is 0 Å². The molecule has 27 heavy (non-hydrogen) atoms. The average Bonchev–Trinajstić information content (AvgIpc) is 3.48. The van der Waals surface area contributed by atoms with Crippen LogP contribution in [0.25, 0.3) is 5.70 Å². The molecule has 0 bridgehead atoms. The van der Waals surface area contributed by atoms with Crippen LogP contribution < -0.4 is 5.32 Å². The Morgan fingerprint density at radius 3 is 2.63 bits per heavy atom. The highest BCUT2D eigenvalue weighted by Crippen LogP contribution is 2.34. The molecule has 1 aromatic carbocycles. The van der Waals surface area contributed by atoms with Gasteiger partial charge in [0, 0.05) is 31.1 Å². The lowest BCUT2D eigenvalue weighted by atomic mass is 10.0. The van der Waals surface area contributed by atoms with E-state index in [2.05, 4.69) is 35.4 Å². The Labute approximate surface area is 159 Å². The zero-order valence-electron chi connectivity index (χ0n) is 15.6. The van der Waals surface area contributed by atoms with Gasteiger partial charge in [-0.25, -0.2) is 4.99 Å². The summed E-state index contributed by atoms with van der Waals surface area (Å²) in [6.07, 6.45) is 4.93. The number of alkyl halides is 1. The second-order valence-corrected chi connectivity index (χ2v) is 7.12. The highest BCUT2D eigenvalue weighted by Gasteiger charge is 2.42. The molecule has 5 nitrogen and oxygen atoms in total. The number of rotatable bonds is 8. The summed E-state index contributed by atoms with van der Waals surface area (Å²) in [4.78, 5) is 6.97. The van der Waals surface area contributed by atoms with Gasteiger partial charge in [-0.15, -0.1) is 0 Å². The van der Waals surface area contributed by atoms with Crippen LogP contribution in [0.5, 0.6) is 0 Å². The van der Waals surface area contributed by atoms with Gasteiger partial charge in [0.05, 0.1) is 30.1 Å². The zero-order chi connectivity index (χ0) is 19.3. The first-order chi connectivity index (χ1) is 13.1. The molecule has 140 valence electrons. The van der Waals surface area contributed by atoms with Crippen molar-refractivity contribution in [3.63, 3.8) is 0 Å². The molecule has 0 amide bonds. The van der Waals surface area contributed by atoms with Crippen molar-refractivity contribution in [1.29, 1.82) is 10.5 Å². The van der Waals surface area contributed by atoms with Crippen molar-refractivity contribution in [3.05, 3.63) is 41.5 Å². The number of nitriles is 2. The molecule has 0 spiro atoms. The molecule has 1 fully saturated rings. The minimum absolute atomic E-state index is 0.127. The predicted octanol–water partition coefficient (Wildman–Crippen LogP) is 3.40. The second-order valence-electron chi connectivity index (χ2n) is 7.12. The second kappa shape index (κ2) is 8.33. The third-order valence-electron chi connectivity index (χ3n) is 5.10. The van der Waals surface area contributed by atoms with Gasteiger partial charge in [0.25, 0.3) is 0 Å². The SMILES string of the molecule is CC1C=C(c2ccc(C#N)cc2)N=C(CCCF)N1CCNC1(C#N)CC1. The molecule has 1 saturated carbocycles. The number of hydrogen-bond acceptors (Lipinski definition) is 5. The Balaban J connectivity index is 1.73. The summed E-state index contributed by atoms with van der Waals surface area (Å²) < 4.78 is 12.8. The van der Waals surface area contributed by atoms with E-state index >= 15 is 0 Å². The number of aliphatic imine (C=N–C) groups is 1. The van der Waals surface area contributed by atoms with E-state index in [1.54, 1.807) is 12.1 Å². The number of amidine groups is 1. The molecule has 0 saturated heterocycles. The van der Waals surface area contributed by atoms with Gasteiger partial charge >= 0.3 is 0 Å². The van der Waals surface area contributed by atoms with E-state index < -0.39 is 0 Å². The molecule has 0 radical (unpaired) electrons. The van der Waals surface area contributed by atoms with Crippen molar-refractivity contribution in [2.75, 3.05) is 19.8 Å². The monoisotopic (exact) mass is 365 g/mol. The van der Waals surface area contributed by atoms with Gasteiger partial charge in [-0.05, 0) is 44.4 Å². The summed E-state index contributed by atoms with van der Waals surface area (Å²) >= 11 is 0. The topological polar surface area (TPSA) is 75.2 Å². The normalized spacial score (nSPS) is 20.3. The Hall–Kier alpha value is -2.70. The van der Waals surface area contributed by atoms with Crippen molar-refractivity contribution in [1.82, 2.24) is 10.2 Å². The van der Waals surface area contributed by atoms with Crippen LogP contribution in [0.4, 0.5) is 4.39 Å². The van der Waals surface area contributed by atoms with Gasteiger partial charge < -0.3 is 4.90 Å². The molecule has 0 aromatic heterocycles. The largest absolute Gasteiger partial charge is 0.353 e. The van der Waals surface area contributed by atoms with Crippen LogP contribution in [0.1, 0.15) is 43.7 Å². The number of halogens is 1. The highest BCUT2D eigenvalue weighted by atomic mass is 19.1. The van der Waals surface area contributed by atoms with Crippen LogP contribution in [0.2, 0.25) is 0 Å². The van der Waals surface area contributed by atoms with Gasteiger partial charge in [0.1, 0.15) is 11.4 Å². The predicted molar refractivity (Wildman–Crippen MR) is 104 cm³/mol. The summed E-state index contributed by atoms with van der Waals surface area (Å²) in [6, 6.07) is 11.9. The van der Waals surface area contributed by atoms with Crippen LogP contribution in [0.15, 0.2) is 35.3 Å². The maximum absolute atomic E-state index is 12.8. The molecule has 1 aromatic rings. The van der Waals surface area contributed by atoms with E-state index in [0.717, 1.165) is 36.5 Å². The molecule has 1 aliphatic carbocycles. The summed E-state index contributed by atoms with van der Waals surface area (Å²) in [7, 11) is 0. The van der Waals surface area contributed by atoms with Gasteiger partial charge in [-0.3, -0.25) is 9.71 Å². The maximum Gasteiger partial charge on any atom is 0.107 e. The van der Waals surface area contributed by atoms with E-state index in [1.807, 2.05) is 12.1 Å². The van der Waals surface area contributed by atoms with Crippen molar-refractivity contribution < 1.29 is 4.39 Å². The van der Waals surface area contributed by atoms with E-state index in [4.69, 9.17) is 10.3 Å². The summed E-state index contributed by atoms with van der Waals surface area (Å²) in [5.41, 5.74) is 2.10. The molecule has 1 aliphatic heterocycles. The lowest BCUT2D eigenvalue weighted by Crippen LogP contribution is -2.45.